The van der Waals surface area contributed by atoms with Gasteiger partial charge < -0.3 is 14.6 Å². The van der Waals surface area contributed by atoms with E-state index in [9.17, 15) is 13.2 Å². The van der Waals surface area contributed by atoms with Crippen molar-refractivity contribution in [1.29, 1.82) is 0 Å². The van der Waals surface area contributed by atoms with E-state index in [0.717, 1.165) is 6.07 Å². The first-order chi connectivity index (χ1) is 16.8. The molecule has 0 saturated heterocycles. The Bertz CT molecular complexity index is 1400. The van der Waals surface area contributed by atoms with Crippen LogP contribution in [0.2, 0.25) is 5.02 Å². The van der Waals surface area contributed by atoms with Gasteiger partial charge in [0.2, 0.25) is 5.88 Å². The third-order valence-electron chi connectivity index (χ3n) is 5.65. The summed E-state index contributed by atoms with van der Waals surface area (Å²) < 4.78 is 48.8. The van der Waals surface area contributed by atoms with Crippen molar-refractivity contribution in [3.63, 3.8) is 0 Å². The van der Waals surface area contributed by atoms with Crippen LogP contribution in [0.4, 0.5) is 13.2 Å². The standard InChI is InChI=1S/C25H28ClF3N6O/c1-24(2,3)21-18(26)20(35(6)33-21)22-30-17-13-16(14-9-7-8-10-15(14)25(27,28)29)31-23(19(17)32-22)36-12-11-34(4)5/h7-10,13H,11-12H2,1-6H3,(H,30,32). The molecule has 0 atom stereocenters. The number of halogens is 4. The molecule has 3 aromatic heterocycles. The number of ether oxygens (including phenoxy) is 1. The highest BCUT2D eigenvalue weighted by atomic mass is 35.5. The van der Waals surface area contributed by atoms with Crippen molar-refractivity contribution in [2.24, 2.45) is 7.05 Å². The van der Waals surface area contributed by atoms with Crippen molar-refractivity contribution in [1.82, 2.24) is 29.6 Å². The van der Waals surface area contributed by atoms with Gasteiger partial charge in [-0.3, -0.25) is 4.68 Å². The lowest BCUT2D eigenvalue weighted by molar-refractivity contribution is -0.137. The molecular weight excluding hydrogens is 493 g/mol. The fourth-order valence-corrected chi connectivity index (χ4v) is 4.38. The van der Waals surface area contributed by atoms with Crippen LogP contribution in [-0.2, 0) is 18.6 Å². The number of aromatic amines is 1. The normalized spacial score (nSPS) is 12.6. The van der Waals surface area contributed by atoms with Gasteiger partial charge in [0.25, 0.3) is 0 Å². The van der Waals surface area contributed by atoms with Crippen molar-refractivity contribution in [2.45, 2.75) is 32.4 Å². The van der Waals surface area contributed by atoms with E-state index in [1.165, 1.54) is 12.1 Å². The fourth-order valence-electron chi connectivity index (χ4n) is 3.85. The summed E-state index contributed by atoms with van der Waals surface area (Å²) in [5.74, 6) is 0.555. The zero-order valence-electron chi connectivity index (χ0n) is 21.0. The van der Waals surface area contributed by atoms with Gasteiger partial charge in [-0.2, -0.15) is 18.3 Å². The second-order valence-corrected chi connectivity index (χ2v) is 10.3. The second-order valence-electron chi connectivity index (χ2n) is 9.87. The molecule has 0 fully saturated rings. The fraction of sp³-hybridized carbons (Fsp3) is 0.400. The van der Waals surface area contributed by atoms with E-state index in [4.69, 9.17) is 16.3 Å². The maximum absolute atomic E-state index is 13.7. The molecule has 0 aliphatic heterocycles. The lowest BCUT2D eigenvalue weighted by atomic mass is 9.92. The molecule has 0 saturated carbocycles. The van der Waals surface area contributed by atoms with Crippen LogP contribution in [0.15, 0.2) is 30.3 Å². The largest absolute Gasteiger partial charge is 0.475 e. The lowest BCUT2D eigenvalue weighted by Crippen LogP contribution is -2.19. The van der Waals surface area contributed by atoms with E-state index in [0.29, 0.717) is 39.8 Å². The summed E-state index contributed by atoms with van der Waals surface area (Å²) in [5, 5.41) is 5.02. The molecule has 0 bridgehead atoms. The van der Waals surface area contributed by atoms with Gasteiger partial charge in [0.1, 0.15) is 12.3 Å². The van der Waals surface area contributed by atoms with Crippen LogP contribution in [0.25, 0.3) is 33.8 Å². The topological polar surface area (TPSA) is 71.9 Å². The van der Waals surface area contributed by atoms with Gasteiger partial charge in [0, 0.05) is 24.6 Å². The summed E-state index contributed by atoms with van der Waals surface area (Å²) in [6, 6.07) is 6.88. The monoisotopic (exact) mass is 520 g/mol. The lowest BCUT2D eigenvalue weighted by Gasteiger charge is -2.15. The number of pyridine rings is 1. The number of fused-ring (bicyclic) bond motifs is 1. The number of alkyl halides is 3. The van der Waals surface area contributed by atoms with Gasteiger partial charge in [0.15, 0.2) is 11.3 Å². The first-order valence-electron chi connectivity index (χ1n) is 11.4. The molecule has 0 unspecified atom stereocenters. The van der Waals surface area contributed by atoms with E-state index in [1.54, 1.807) is 23.9 Å². The summed E-state index contributed by atoms with van der Waals surface area (Å²) in [6.45, 7) is 6.90. The number of hydrogen-bond donors (Lipinski definition) is 1. The van der Waals surface area contributed by atoms with Crippen molar-refractivity contribution in [2.75, 3.05) is 27.2 Å². The molecule has 4 rings (SSSR count). The summed E-state index contributed by atoms with van der Waals surface area (Å²) in [7, 11) is 5.56. The molecule has 0 radical (unpaired) electrons. The predicted octanol–water partition coefficient (Wildman–Crippen LogP) is 5.94. The number of benzene rings is 1. The quantitative estimate of drug-likeness (QED) is 0.341. The maximum atomic E-state index is 13.7. The number of aromatic nitrogens is 5. The van der Waals surface area contributed by atoms with Crippen molar-refractivity contribution in [3.05, 3.63) is 46.6 Å². The maximum Gasteiger partial charge on any atom is 0.417 e. The highest BCUT2D eigenvalue weighted by Crippen LogP contribution is 2.40. The molecule has 1 aromatic carbocycles. The molecule has 0 spiro atoms. The van der Waals surface area contributed by atoms with Crippen LogP contribution in [0, 0.1) is 0 Å². The second kappa shape index (κ2) is 9.40. The Hall–Kier alpha value is -3.11. The van der Waals surface area contributed by atoms with Crippen LogP contribution in [0.3, 0.4) is 0 Å². The average Bonchev–Trinajstić information content (AvgIpc) is 3.32. The number of aryl methyl sites for hydroxylation is 1. The zero-order chi connectivity index (χ0) is 26.4. The summed E-state index contributed by atoms with van der Waals surface area (Å²) in [5.41, 5.74) is 1.14. The van der Waals surface area contributed by atoms with Gasteiger partial charge in [-0.1, -0.05) is 50.6 Å². The Morgan fingerprint density at radius 2 is 1.81 bits per heavy atom. The van der Waals surface area contributed by atoms with Gasteiger partial charge in [-0.15, -0.1) is 0 Å². The molecule has 7 nitrogen and oxygen atoms in total. The Morgan fingerprint density at radius 1 is 1.11 bits per heavy atom. The third kappa shape index (κ3) is 5.05. The van der Waals surface area contributed by atoms with Crippen LogP contribution < -0.4 is 4.74 Å². The smallest absolute Gasteiger partial charge is 0.417 e. The minimum absolute atomic E-state index is 0.0471. The number of hydrogen-bond acceptors (Lipinski definition) is 5. The van der Waals surface area contributed by atoms with Gasteiger partial charge >= 0.3 is 6.18 Å². The van der Waals surface area contributed by atoms with Crippen molar-refractivity contribution >= 4 is 22.6 Å². The zero-order valence-corrected chi connectivity index (χ0v) is 21.7. The number of nitrogens with zero attached hydrogens (tertiary/aromatic N) is 5. The van der Waals surface area contributed by atoms with Gasteiger partial charge in [-0.25, -0.2) is 9.97 Å². The molecule has 36 heavy (non-hydrogen) atoms. The number of rotatable bonds is 6. The minimum atomic E-state index is -4.54. The van der Waals surface area contributed by atoms with Crippen molar-refractivity contribution in [3.8, 4) is 28.7 Å². The van der Waals surface area contributed by atoms with Crippen LogP contribution >= 0.6 is 11.6 Å². The number of imidazole rings is 1. The first kappa shape index (κ1) is 26.0. The predicted molar refractivity (Wildman–Crippen MR) is 134 cm³/mol. The summed E-state index contributed by atoms with van der Waals surface area (Å²) >= 11 is 6.71. The molecule has 4 aromatic rings. The van der Waals surface area contributed by atoms with E-state index >= 15 is 0 Å². The van der Waals surface area contributed by atoms with Crippen molar-refractivity contribution < 1.29 is 17.9 Å². The number of likely N-dealkylation sites (N-methyl/N-ethyl adjacent to an activating group) is 1. The molecule has 192 valence electrons. The summed E-state index contributed by atoms with van der Waals surface area (Å²) in [6.07, 6.45) is -4.54. The van der Waals surface area contributed by atoms with E-state index in [2.05, 4.69) is 20.1 Å². The molecule has 3 heterocycles. The van der Waals surface area contributed by atoms with E-state index < -0.39 is 11.7 Å². The van der Waals surface area contributed by atoms with Gasteiger partial charge in [-0.05, 0) is 26.2 Å². The van der Waals surface area contributed by atoms with Gasteiger partial charge in [0.05, 0.1) is 27.5 Å². The summed E-state index contributed by atoms with van der Waals surface area (Å²) in [4.78, 5) is 14.3. The average molecular weight is 521 g/mol. The van der Waals surface area contributed by atoms with E-state index in [1.807, 2.05) is 39.8 Å². The third-order valence-corrected chi connectivity index (χ3v) is 6.01. The highest BCUT2D eigenvalue weighted by Gasteiger charge is 2.34. The Balaban J connectivity index is 1.90. The van der Waals surface area contributed by atoms with Crippen LogP contribution in [0.1, 0.15) is 32.0 Å². The Morgan fingerprint density at radius 3 is 2.42 bits per heavy atom. The molecule has 0 aliphatic rings. The first-order valence-corrected chi connectivity index (χ1v) is 11.7. The molecule has 0 aliphatic carbocycles. The molecule has 1 N–H and O–H groups in total. The molecule has 11 heteroatoms. The van der Waals surface area contributed by atoms with E-state index in [-0.39, 0.29) is 29.2 Å². The highest BCUT2D eigenvalue weighted by molar-refractivity contribution is 6.33. The molecule has 0 amide bonds. The van der Waals surface area contributed by atoms with Crippen LogP contribution in [0.5, 0.6) is 5.88 Å². The van der Waals surface area contributed by atoms with Crippen LogP contribution in [-0.4, -0.2) is 56.9 Å². The Kier molecular flexibility index (Phi) is 6.78. The Labute approximate surface area is 212 Å². The minimum Gasteiger partial charge on any atom is -0.475 e. The number of H-pyrrole nitrogens is 1. The number of nitrogens with one attached hydrogen (secondary N) is 1. The molecular formula is C25H28ClF3N6O. The SMILES string of the molecule is CN(C)CCOc1nc(-c2ccccc2C(F)(F)F)cc2[nH]c(-c3c(Cl)c(C(C)(C)C)nn3C)nc12.